The SMILES string of the molecule is O=C(CS(=O)(=O)C1CCCC1)NCCc1ccc(I)s1. The average Bonchev–Trinajstić information content (AvgIpc) is 3.00. The highest BCUT2D eigenvalue weighted by molar-refractivity contribution is 14.1. The molecule has 1 N–H and O–H groups in total. The Bertz CT molecular complexity index is 562. The third-order valence-corrected chi connectivity index (χ3v) is 7.57. The third-order valence-electron chi connectivity index (χ3n) is 3.46. The largest absolute Gasteiger partial charge is 0.355 e. The van der Waals surface area contributed by atoms with Crippen LogP contribution in [-0.4, -0.2) is 31.9 Å². The van der Waals surface area contributed by atoms with Gasteiger partial charge in [0.25, 0.3) is 0 Å². The van der Waals surface area contributed by atoms with Gasteiger partial charge in [-0.2, -0.15) is 0 Å². The molecule has 4 nitrogen and oxygen atoms in total. The second kappa shape index (κ2) is 7.22. The normalized spacial score (nSPS) is 16.4. The van der Waals surface area contributed by atoms with Crippen LogP contribution in [-0.2, 0) is 21.1 Å². The van der Waals surface area contributed by atoms with Crippen molar-refractivity contribution in [3.05, 3.63) is 19.9 Å². The number of amides is 1. The molecule has 1 aromatic heterocycles. The molecule has 1 aliphatic rings. The van der Waals surface area contributed by atoms with Gasteiger partial charge in [-0.05, 0) is 54.0 Å². The van der Waals surface area contributed by atoms with Gasteiger partial charge >= 0.3 is 0 Å². The molecule has 20 heavy (non-hydrogen) atoms. The highest BCUT2D eigenvalue weighted by Crippen LogP contribution is 2.25. The van der Waals surface area contributed by atoms with E-state index in [0.717, 1.165) is 19.3 Å². The van der Waals surface area contributed by atoms with Gasteiger partial charge in [-0.15, -0.1) is 11.3 Å². The fraction of sp³-hybridized carbons (Fsp3) is 0.615. The van der Waals surface area contributed by atoms with Crippen molar-refractivity contribution in [1.82, 2.24) is 5.32 Å². The lowest BCUT2D eigenvalue weighted by atomic mass is 10.3. The highest BCUT2D eigenvalue weighted by atomic mass is 127. The lowest BCUT2D eigenvalue weighted by molar-refractivity contribution is -0.118. The fourth-order valence-electron chi connectivity index (χ4n) is 2.41. The van der Waals surface area contributed by atoms with Crippen LogP contribution in [0.3, 0.4) is 0 Å². The van der Waals surface area contributed by atoms with E-state index in [9.17, 15) is 13.2 Å². The Morgan fingerprint density at radius 2 is 2.05 bits per heavy atom. The van der Waals surface area contributed by atoms with Crippen LogP contribution in [0, 0.1) is 2.88 Å². The van der Waals surface area contributed by atoms with Crippen LogP contribution in [0.15, 0.2) is 12.1 Å². The van der Waals surface area contributed by atoms with Gasteiger partial charge in [0, 0.05) is 11.4 Å². The van der Waals surface area contributed by atoms with Gasteiger partial charge in [-0.25, -0.2) is 8.42 Å². The van der Waals surface area contributed by atoms with E-state index in [1.165, 1.54) is 7.76 Å². The Balaban J connectivity index is 1.75. The summed E-state index contributed by atoms with van der Waals surface area (Å²) in [7, 11) is -3.26. The summed E-state index contributed by atoms with van der Waals surface area (Å²) < 4.78 is 25.3. The first-order chi connectivity index (χ1) is 9.47. The van der Waals surface area contributed by atoms with E-state index in [1.54, 1.807) is 11.3 Å². The lowest BCUT2D eigenvalue weighted by Gasteiger charge is -2.10. The van der Waals surface area contributed by atoms with Crippen LogP contribution in [0.4, 0.5) is 0 Å². The van der Waals surface area contributed by atoms with E-state index in [0.29, 0.717) is 19.4 Å². The first kappa shape index (κ1) is 16.2. The van der Waals surface area contributed by atoms with Crippen LogP contribution in [0.5, 0.6) is 0 Å². The first-order valence-corrected chi connectivity index (χ1v) is 10.3. The lowest BCUT2D eigenvalue weighted by Crippen LogP contribution is -2.35. The summed E-state index contributed by atoms with van der Waals surface area (Å²) >= 11 is 3.95. The molecule has 0 saturated heterocycles. The van der Waals surface area contributed by atoms with Crippen molar-refractivity contribution < 1.29 is 13.2 Å². The molecule has 2 rings (SSSR count). The van der Waals surface area contributed by atoms with Gasteiger partial charge in [0.05, 0.1) is 8.13 Å². The van der Waals surface area contributed by atoms with Gasteiger partial charge in [0.15, 0.2) is 9.84 Å². The number of hydrogen-bond acceptors (Lipinski definition) is 4. The zero-order valence-corrected chi connectivity index (χ0v) is 14.9. The minimum absolute atomic E-state index is 0.299. The monoisotopic (exact) mass is 427 g/mol. The number of nitrogens with one attached hydrogen (secondary N) is 1. The fourth-order valence-corrected chi connectivity index (χ4v) is 5.92. The molecule has 112 valence electrons. The number of rotatable bonds is 6. The van der Waals surface area contributed by atoms with Gasteiger partial charge in [0.1, 0.15) is 5.75 Å². The average molecular weight is 427 g/mol. The molecule has 0 radical (unpaired) electrons. The molecule has 0 atom stereocenters. The minimum Gasteiger partial charge on any atom is -0.355 e. The molecule has 1 aliphatic carbocycles. The van der Waals surface area contributed by atoms with Gasteiger partial charge in [-0.1, -0.05) is 12.8 Å². The molecule has 1 fully saturated rings. The summed E-state index contributed by atoms with van der Waals surface area (Å²) in [6.45, 7) is 0.496. The summed E-state index contributed by atoms with van der Waals surface area (Å²) in [5, 5.41) is 2.41. The minimum atomic E-state index is -3.26. The van der Waals surface area contributed by atoms with Crippen molar-refractivity contribution >= 4 is 49.7 Å². The summed E-state index contributed by atoms with van der Waals surface area (Å²) in [4.78, 5) is 12.9. The second-order valence-corrected chi connectivity index (χ2v) is 10.4. The zero-order valence-electron chi connectivity index (χ0n) is 11.1. The quantitative estimate of drug-likeness (QED) is 0.710. The second-order valence-electron chi connectivity index (χ2n) is 5.02. The molecule has 0 spiro atoms. The molecule has 7 heteroatoms. The Kier molecular flexibility index (Phi) is 5.85. The summed E-state index contributed by atoms with van der Waals surface area (Å²) in [5.74, 6) is -0.734. The molecule has 0 aliphatic heterocycles. The van der Waals surface area contributed by atoms with E-state index in [4.69, 9.17) is 0 Å². The summed E-state index contributed by atoms with van der Waals surface area (Å²) in [6, 6.07) is 4.07. The van der Waals surface area contributed by atoms with E-state index in [-0.39, 0.29) is 16.9 Å². The molecule has 1 amide bonds. The zero-order chi connectivity index (χ0) is 14.6. The topological polar surface area (TPSA) is 63.2 Å². The predicted octanol–water partition coefficient (Wildman–Crippen LogP) is 2.37. The molecule has 0 unspecified atom stereocenters. The number of hydrogen-bond donors (Lipinski definition) is 1. The molecular formula is C13H18INO3S2. The van der Waals surface area contributed by atoms with Crippen molar-refractivity contribution in [3.63, 3.8) is 0 Å². The van der Waals surface area contributed by atoms with E-state index in [1.807, 2.05) is 12.1 Å². The van der Waals surface area contributed by atoms with Gasteiger partial charge in [-0.3, -0.25) is 4.79 Å². The predicted molar refractivity (Wildman–Crippen MR) is 89.8 cm³/mol. The smallest absolute Gasteiger partial charge is 0.235 e. The number of thiophene rings is 1. The van der Waals surface area contributed by atoms with Crippen LogP contribution in [0.25, 0.3) is 0 Å². The van der Waals surface area contributed by atoms with E-state index < -0.39 is 9.84 Å². The highest BCUT2D eigenvalue weighted by Gasteiger charge is 2.30. The van der Waals surface area contributed by atoms with Crippen molar-refractivity contribution in [2.75, 3.05) is 12.3 Å². The summed E-state index contributed by atoms with van der Waals surface area (Å²) in [6.07, 6.45) is 4.10. The number of carbonyl (C=O) groups is 1. The third kappa shape index (κ3) is 4.70. The van der Waals surface area contributed by atoms with Crippen LogP contribution in [0.1, 0.15) is 30.6 Å². The first-order valence-electron chi connectivity index (χ1n) is 6.70. The van der Waals surface area contributed by atoms with Gasteiger partial charge in [0.2, 0.25) is 5.91 Å². The van der Waals surface area contributed by atoms with Crippen molar-refractivity contribution in [2.24, 2.45) is 0 Å². The molecular weight excluding hydrogens is 409 g/mol. The maximum Gasteiger partial charge on any atom is 0.235 e. The Hall–Kier alpha value is -0.150. The Labute approximate surface area is 137 Å². The van der Waals surface area contributed by atoms with Crippen LogP contribution in [0.2, 0.25) is 0 Å². The molecule has 0 bridgehead atoms. The van der Waals surface area contributed by atoms with Crippen molar-refractivity contribution in [3.8, 4) is 0 Å². The Morgan fingerprint density at radius 3 is 2.65 bits per heavy atom. The summed E-state index contributed by atoms with van der Waals surface area (Å²) in [5.41, 5.74) is 0. The van der Waals surface area contributed by atoms with Crippen molar-refractivity contribution in [2.45, 2.75) is 37.4 Å². The molecule has 1 heterocycles. The van der Waals surface area contributed by atoms with Crippen LogP contribution >= 0.6 is 33.9 Å². The Morgan fingerprint density at radius 1 is 1.35 bits per heavy atom. The number of carbonyl (C=O) groups excluding carboxylic acids is 1. The standard InChI is InChI=1S/C13H18INO3S2/c14-12-6-5-10(19-12)7-8-15-13(16)9-20(17,18)11-3-1-2-4-11/h5-6,11H,1-4,7-9H2,(H,15,16). The van der Waals surface area contributed by atoms with E-state index in [2.05, 4.69) is 27.9 Å². The molecule has 0 aromatic carbocycles. The molecule has 1 aromatic rings. The van der Waals surface area contributed by atoms with E-state index >= 15 is 0 Å². The maximum absolute atomic E-state index is 12.0. The number of halogens is 1. The molecule has 1 saturated carbocycles. The maximum atomic E-state index is 12.0. The van der Waals surface area contributed by atoms with Crippen LogP contribution < -0.4 is 5.32 Å². The number of sulfone groups is 1. The van der Waals surface area contributed by atoms with Crippen molar-refractivity contribution in [1.29, 1.82) is 0 Å². The van der Waals surface area contributed by atoms with Gasteiger partial charge < -0.3 is 5.32 Å².